The van der Waals surface area contributed by atoms with Crippen molar-refractivity contribution in [1.29, 1.82) is 0 Å². The normalized spacial score (nSPS) is 14.6. The van der Waals surface area contributed by atoms with Crippen LogP contribution in [-0.4, -0.2) is 47.8 Å². The highest BCUT2D eigenvalue weighted by Crippen LogP contribution is 2.26. The molecule has 1 aliphatic rings. The number of carbonyl (C=O) groups is 2. The number of benzene rings is 2. The van der Waals surface area contributed by atoms with Crippen molar-refractivity contribution in [3.8, 4) is 11.3 Å². The lowest BCUT2D eigenvalue weighted by molar-refractivity contribution is 0.0844. The van der Waals surface area contributed by atoms with Crippen LogP contribution in [0.3, 0.4) is 0 Å². The first-order valence-electron chi connectivity index (χ1n) is 11.2. The van der Waals surface area contributed by atoms with E-state index < -0.39 is 21.8 Å². The average molecular weight is 482 g/mol. The van der Waals surface area contributed by atoms with Crippen molar-refractivity contribution in [1.82, 2.24) is 25.4 Å². The van der Waals surface area contributed by atoms with Crippen molar-refractivity contribution in [3.63, 3.8) is 0 Å². The number of hydrazine groups is 1. The molecule has 178 valence electrons. The van der Waals surface area contributed by atoms with Gasteiger partial charge >= 0.3 is 0 Å². The molecule has 0 unspecified atom stereocenters. The van der Waals surface area contributed by atoms with Gasteiger partial charge in [-0.2, -0.15) is 9.40 Å². The molecule has 0 atom stereocenters. The number of amides is 2. The second kappa shape index (κ2) is 10.2. The third kappa shape index (κ3) is 5.18. The zero-order valence-electron chi connectivity index (χ0n) is 18.8. The number of aromatic amines is 1. The van der Waals surface area contributed by atoms with Crippen LogP contribution in [0.1, 0.15) is 53.0 Å². The number of sulfonamides is 1. The molecule has 0 bridgehead atoms. The summed E-state index contributed by atoms with van der Waals surface area (Å²) in [4.78, 5) is 25.1. The number of rotatable bonds is 6. The van der Waals surface area contributed by atoms with Crippen LogP contribution in [0.5, 0.6) is 0 Å². The summed E-state index contributed by atoms with van der Waals surface area (Å²) < 4.78 is 27.6. The summed E-state index contributed by atoms with van der Waals surface area (Å²) in [6, 6.07) is 16.7. The second-order valence-electron chi connectivity index (χ2n) is 8.28. The Hall–Kier alpha value is -3.50. The quantitative estimate of drug-likeness (QED) is 0.467. The number of aromatic nitrogens is 2. The third-order valence-corrected chi connectivity index (χ3v) is 7.95. The summed E-state index contributed by atoms with van der Waals surface area (Å²) in [6.07, 6.45) is 4.81. The van der Waals surface area contributed by atoms with Gasteiger partial charge in [-0.15, -0.1) is 0 Å². The summed E-state index contributed by atoms with van der Waals surface area (Å²) in [7, 11) is -2.15. The van der Waals surface area contributed by atoms with E-state index in [2.05, 4.69) is 21.0 Å². The van der Waals surface area contributed by atoms with Crippen LogP contribution in [0.2, 0.25) is 0 Å². The van der Waals surface area contributed by atoms with E-state index in [1.54, 1.807) is 13.1 Å². The highest BCUT2D eigenvalue weighted by molar-refractivity contribution is 7.89. The molecule has 2 amide bonds. The van der Waals surface area contributed by atoms with Crippen molar-refractivity contribution in [2.75, 3.05) is 7.05 Å². The molecule has 1 aliphatic carbocycles. The van der Waals surface area contributed by atoms with E-state index in [0.717, 1.165) is 37.7 Å². The molecular weight excluding hydrogens is 454 g/mol. The fourth-order valence-corrected chi connectivity index (χ4v) is 5.52. The van der Waals surface area contributed by atoms with Gasteiger partial charge in [0.05, 0.1) is 10.6 Å². The van der Waals surface area contributed by atoms with Crippen molar-refractivity contribution in [2.45, 2.75) is 43.0 Å². The van der Waals surface area contributed by atoms with Crippen LogP contribution in [0.25, 0.3) is 11.3 Å². The molecule has 4 rings (SSSR count). The Morgan fingerprint density at radius 3 is 2.38 bits per heavy atom. The van der Waals surface area contributed by atoms with Gasteiger partial charge in [0, 0.05) is 24.2 Å². The highest BCUT2D eigenvalue weighted by atomic mass is 32.2. The average Bonchev–Trinajstić information content (AvgIpc) is 3.38. The monoisotopic (exact) mass is 481 g/mol. The van der Waals surface area contributed by atoms with Gasteiger partial charge in [-0.3, -0.25) is 25.5 Å². The van der Waals surface area contributed by atoms with Gasteiger partial charge in [0.2, 0.25) is 10.0 Å². The molecule has 1 saturated carbocycles. The summed E-state index contributed by atoms with van der Waals surface area (Å²) in [6.45, 7) is 0. The standard InChI is InChI=1S/C24H27N5O4S/c1-29(19-12-6-3-7-13-19)34(32,33)20-14-8-11-18(15-20)23(30)27-28-24(31)22-16-21(25-26-22)17-9-4-2-5-10-17/h2,4-5,8-11,14-16,19H,3,6-7,12-13H2,1H3,(H,25,26)(H,27,30)(H,28,31). The first kappa shape index (κ1) is 23.7. The summed E-state index contributed by atoms with van der Waals surface area (Å²) in [5.74, 6) is -1.21. The number of hydrogen-bond donors (Lipinski definition) is 3. The SMILES string of the molecule is CN(C1CCCCC1)S(=O)(=O)c1cccc(C(=O)NNC(=O)c2cc(-c3ccccc3)n[nH]2)c1. The number of H-pyrrole nitrogens is 1. The Morgan fingerprint density at radius 1 is 0.941 bits per heavy atom. The van der Waals surface area contributed by atoms with Crippen LogP contribution in [0.15, 0.2) is 65.6 Å². The lowest BCUT2D eigenvalue weighted by Gasteiger charge is -2.30. The number of carbonyl (C=O) groups excluding carboxylic acids is 2. The van der Waals surface area contributed by atoms with Gasteiger partial charge in [-0.25, -0.2) is 8.42 Å². The van der Waals surface area contributed by atoms with Gasteiger partial charge in [-0.1, -0.05) is 55.7 Å². The fourth-order valence-electron chi connectivity index (χ4n) is 4.05. The fraction of sp³-hybridized carbons (Fsp3) is 0.292. The van der Waals surface area contributed by atoms with Gasteiger partial charge in [0.25, 0.3) is 11.8 Å². The summed E-state index contributed by atoms with van der Waals surface area (Å²) in [5, 5.41) is 6.76. The van der Waals surface area contributed by atoms with Crippen LogP contribution >= 0.6 is 0 Å². The number of nitrogens with one attached hydrogen (secondary N) is 3. The van der Waals surface area contributed by atoms with E-state index in [1.165, 1.54) is 28.6 Å². The largest absolute Gasteiger partial charge is 0.287 e. The maximum Gasteiger partial charge on any atom is 0.287 e. The van der Waals surface area contributed by atoms with Gasteiger partial charge in [0.15, 0.2) is 0 Å². The Bertz CT molecular complexity index is 1270. The van der Waals surface area contributed by atoms with Gasteiger partial charge < -0.3 is 0 Å². The predicted octanol–water partition coefficient (Wildman–Crippen LogP) is 3.10. The van der Waals surface area contributed by atoms with Crippen molar-refractivity contribution >= 4 is 21.8 Å². The molecule has 1 aromatic heterocycles. The van der Waals surface area contributed by atoms with Crippen LogP contribution in [-0.2, 0) is 10.0 Å². The summed E-state index contributed by atoms with van der Waals surface area (Å²) in [5.41, 5.74) is 6.38. The molecule has 1 fully saturated rings. The predicted molar refractivity (Wildman–Crippen MR) is 127 cm³/mol. The smallest absolute Gasteiger partial charge is 0.272 e. The highest BCUT2D eigenvalue weighted by Gasteiger charge is 2.29. The van der Waals surface area contributed by atoms with Crippen molar-refractivity contribution in [2.24, 2.45) is 0 Å². The zero-order valence-corrected chi connectivity index (χ0v) is 19.6. The molecule has 9 nitrogen and oxygen atoms in total. The maximum atomic E-state index is 13.1. The van der Waals surface area contributed by atoms with E-state index in [-0.39, 0.29) is 22.2 Å². The minimum atomic E-state index is -3.74. The zero-order chi connectivity index (χ0) is 24.1. The topological polar surface area (TPSA) is 124 Å². The number of nitrogens with zero attached hydrogens (tertiary/aromatic N) is 2. The van der Waals surface area contributed by atoms with Gasteiger partial charge in [0.1, 0.15) is 5.69 Å². The molecule has 0 aliphatic heterocycles. The third-order valence-electron chi connectivity index (χ3n) is 6.04. The minimum Gasteiger partial charge on any atom is -0.272 e. The molecular formula is C24H27N5O4S. The number of hydrogen-bond acceptors (Lipinski definition) is 5. The molecule has 3 N–H and O–H groups in total. The van der Waals surface area contributed by atoms with Crippen molar-refractivity contribution in [3.05, 3.63) is 71.9 Å². The van der Waals surface area contributed by atoms with Crippen molar-refractivity contribution < 1.29 is 18.0 Å². The van der Waals surface area contributed by atoms with Crippen LogP contribution in [0, 0.1) is 0 Å². The van der Waals surface area contributed by atoms with Crippen LogP contribution in [0.4, 0.5) is 0 Å². The Morgan fingerprint density at radius 2 is 1.65 bits per heavy atom. The Labute approximate surface area is 198 Å². The molecule has 3 aromatic rings. The van der Waals surface area contributed by atoms with E-state index in [1.807, 2.05) is 30.3 Å². The summed E-state index contributed by atoms with van der Waals surface area (Å²) >= 11 is 0. The molecule has 0 saturated heterocycles. The lowest BCUT2D eigenvalue weighted by Crippen LogP contribution is -2.42. The minimum absolute atomic E-state index is 0.0364. The molecule has 0 spiro atoms. The van der Waals surface area contributed by atoms with Gasteiger partial charge in [-0.05, 0) is 37.1 Å². The second-order valence-corrected chi connectivity index (χ2v) is 10.3. The van der Waals surface area contributed by atoms with E-state index >= 15 is 0 Å². The van der Waals surface area contributed by atoms with E-state index in [0.29, 0.717) is 5.69 Å². The van der Waals surface area contributed by atoms with E-state index in [9.17, 15) is 18.0 Å². The lowest BCUT2D eigenvalue weighted by atomic mass is 9.96. The first-order valence-corrected chi connectivity index (χ1v) is 12.6. The maximum absolute atomic E-state index is 13.1. The van der Waals surface area contributed by atoms with Crippen LogP contribution < -0.4 is 10.9 Å². The molecule has 34 heavy (non-hydrogen) atoms. The molecule has 0 radical (unpaired) electrons. The molecule has 2 aromatic carbocycles. The Kier molecular flexibility index (Phi) is 7.09. The van der Waals surface area contributed by atoms with E-state index in [4.69, 9.17) is 0 Å². The Balaban J connectivity index is 1.40. The molecule has 10 heteroatoms. The molecule has 1 heterocycles. The first-order chi connectivity index (χ1) is 16.4.